The molecule has 0 radical (unpaired) electrons. The Morgan fingerprint density at radius 3 is 1.96 bits per heavy atom. The molecule has 128 valence electrons. The third kappa shape index (κ3) is 4.73. The van der Waals surface area contributed by atoms with E-state index in [1.807, 2.05) is 0 Å². The number of rotatable bonds is 3. The van der Waals surface area contributed by atoms with Gasteiger partial charge in [0, 0.05) is 23.5 Å². The molecule has 0 saturated heterocycles. The minimum atomic E-state index is -4.83. The van der Waals surface area contributed by atoms with E-state index in [2.05, 4.69) is 15.4 Å². The quantitative estimate of drug-likeness (QED) is 0.575. The van der Waals surface area contributed by atoms with E-state index >= 15 is 0 Å². The summed E-state index contributed by atoms with van der Waals surface area (Å²) >= 11 is 0. The van der Waals surface area contributed by atoms with Gasteiger partial charge in [0.1, 0.15) is 5.75 Å². The number of phenolic OH excluding ortho intramolecular Hbond substituents is 1. The molecular formula is C14H9F5N2O3. The zero-order valence-electron chi connectivity index (χ0n) is 11.6. The number of urea groups is 1. The lowest BCUT2D eigenvalue weighted by atomic mass is 10.2. The smallest absolute Gasteiger partial charge is 0.503 e. The van der Waals surface area contributed by atoms with Gasteiger partial charge in [0.05, 0.1) is 0 Å². The summed E-state index contributed by atoms with van der Waals surface area (Å²) in [6.45, 7) is 0. The maximum Gasteiger partial charge on any atom is 0.573 e. The van der Waals surface area contributed by atoms with Crippen molar-refractivity contribution in [1.82, 2.24) is 0 Å². The molecule has 0 aliphatic carbocycles. The first-order valence-electron chi connectivity index (χ1n) is 6.26. The van der Waals surface area contributed by atoms with Crippen LogP contribution in [0.3, 0.4) is 0 Å². The van der Waals surface area contributed by atoms with Gasteiger partial charge in [0.25, 0.3) is 0 Å². The van der Waals surface area contributed by atoms with Gasteiger partial charge in [-0.05, 0) is 24.3 Å². The number of carbonyl (C=O) groups is 1. The largest absolute Gasteiger partial charge is 0.573 e. The first kappa shape index (κ1) is 17.3. The van der Waals surface area contributed by atoms with Gasteiger partial charge in [-0.3, -0.25) is 0 Å². The van der Waals surface area contributed by atoms with E-state index in [1.165, 1.54) is 0 Å². The fourth-order valence-electron chi connectivity index (χ4n) is 1.67. The Kier molecular flexibility index (Phi) is 4.77. The number of nitrogens with one attached hydrogen (secondary N) is 2. The van der Waals surface area contributed by atoms with Crippen LogP contribution in [0, 0.1) is 11.6 Å². The number of phenols is 1. The van der Waals surface area contributed by atoms with Crippen molar-refractivity contribution in [2.45, 2.75) is 6.36 Å². The zero-order valence-corrected chi connectivity index (χ0v) is 11.6. The molecule has 5 nitrogen and oxygen atoms in total. The Balaban J connectivity index is 2.00. The molecule has 2 aromatic rings. The summed E-state index contributed by atoms with van der Waals surface area (Å²) in [5.74, 6) is -4.18. The van der Waals surface area contributed by atoms with Crippen LogP contribution in [0.2, 0.25) is 0 Å². The summed E-state index contributed by atoms with van der Waals surface area (Å²) in [5.41, 5.74) is -0.154. The van der Waals surface area contributed by atoms with Crippen molar-refractivity contribution in [3.8, 4) is 11.5 Å². The molecular weight excluding hydrogens is 339 g/mol. The Hall–Kier alpha value is -3.04. The molecule has 2 amide bonds. The van der Waals surface area contributed by atoms with Gasteiger partial charge in [-0.1, -0.05) is 0 Å². The van der Waals surface area contributed by atoms with Crippen molar-refractivity contribution in [3.63, 3.8) is 0 Å². The average Bonchev–Trinajstić information content (AvgIpc) is 2.45. The standard InChI is InChI=1S/C14H9F5N2O3/c15-10-5-8(6-11(16)12(10)22)21-13(23)20-7-1-3-9(4-2-7)24-14(17,18)19/h1-6,22H,(H2,20,21,23). The van der Waals surface area contributed by atoms with Crippen LogP contribution in [0.5, 0.6) is 11.5 Å². The fraction of sp³-hybridized carbons (Fsp3) is 0.0714. The molecule has 0 spiro atoms. The third-order valence-corrected chi connectivity index (χ3v) is 2.62. The van der Waals surface area contributed by atoms with E-state index in [-0.39, 0.29) is 11.4 Å². The number of hydrogen-bond donors (Lipinski definition) is 3. The number of anilines is 2. The molecule has 0 atom stereocenters. The molecule has 2 aromatic carbocycles. The van der Waals surface area contributed by atoms with E-state index in [0.717, 1.165) is 24.3 Å². The highest BCUT2D eigenvalue weighted by Gasteiger charge is 2.30. The van der Waals surface area contributed by atoms with Crippen LogP contribution >= 0.6 is 0 Å². The van der Waals surface area contributed by atoms with Gasteiger partial charge >= 0.3 is 12.4 Å². The lowest BCUT2D eigenvalue weighted by Crippen LogP contribution is -2.20. The lowest BCUT2D eigenvalue weighted by molar-refractivity contribution is -0.274. The second kappa shape index (κ2) is 6.60. The van der Waals surface area contributed by atoms with Crippen LogP contribution in [-0.4, -0.2) is 17.5 Å². The summed E-state index contributed by atoms with van der Waals surface area (Å²) in [5, 5.41) is 13.3. The minimum Gasteiger partial charge on any atom is -0.503 e. The normalized spacial score (nSPS) is 11.0. The molecule has 0 fully saturated rings. The van der Waals surface area contributed by atoms with Crippen molar-refractivity contribution in [1.29, 1.82) is 0 Å². The van der Waals surface area contributed by atoms with Gasteiger partial charge in [0.2, 0.25) is 0 Å². The highest BCUT2D eigenvalue weighted by Crippen LogP contribution is 2.25. The lowest BCUT2D eigenvalue weighted by Gasteiger charge is -2.11. The molecule has 0 aliphatic rings. The summed E-state index contributed by atoms with van der Waals surface area (Å²) < 4.78 is 65.9. The predicted molar refractivity (Wildman–Crippen MR) is 73.8 cm³/mol. The molecule has 2 rings (SSSR count). The Bertz CT molecular complexity index is 724. The van der Waals surface area contributed by atoms with E-state index in [9.17, 15) is 26.7 Å². The number of ether oxygens (including phenoxy) is 1. The van der Waals surface area contributed by atoms with Crippen molar-refractivity contribution in [3.05, 3.63) is 48.0 Å². The zero-order chi connectivity index (χ0) is 17.9. The van der Waals surface area contributed by atoms with Crippen LogP contribution in [0.25, 0.3) is 0 Å². The van der Waals surface area contributed by atoms with Crippen molar-refractivity contribution < 1.29 is 36.6 Å². The second-order valence-corrected chi connectivity index (χ2v) is 4.44. The maximum absolute atomic E-state index is 13.1. The molecule has 0 aromatic heterocycles. The maximum atomic E-state index is 13.1. The third-order valence-electron chi connectivity index (χ3n) is 2.62. The summed E-state index contributed by atoms with van der Waals surface area (Å²) in [6, 6.07) is 4.71. The van der Waals surface area contributed by atoms with Gasteiger partial charge in [0.15, 0.2) is 17.4 Å². The van der Waals surface area contributed by atoms with Gasteiger partial charge in [-0.2, -0.15) is 0 Å². The predicted octanol–water partition coefficient (Wildman–Crippen LogP) is 4.21. The second-order valence-electron chi connectivity index (χ2n) is 4.44. The first-order chi connectivity index (χ1) is 11.1. The molecule has 0 heterocycles. The SMILES string of the molecule is O=C(Nc1ccc(OC(F)(F)F)cc1)Nc1cc(F)c(O)c(F)c1. The summed E-state index contributed by atoms with van der Waals surface area (Å²) in [6.07, 6.45) is -4.83. The number of halogens is 5. The average molecular weight is 348 g/mol. The number of aromatic hydroxyl groups is 1. The molecule has 0 unspecified atom stereocenters. The van der Waals surface area contributed by atoms with E-state index < -0.39 is 35.5 Å². The van der Waals surface area contributed by atoms with Gasteiger partial charge in [-0.25, -0.2) is 13.6 Å². The number of alkyl halides is 3. The van der Waals surface area contributed by atoms with E-state index in [1.54, 1.807) is 0 Å². The highest BCUT2D eigenvalue weighted by molar-refractivity contribution is 5.99. The molecule has 24 heavy (non-hydrogen) atoms. The van der Waals surface area contributed by atoms with E-state index in [4.69, 9.17) is 5.11 Å². The van der Waals surface area contributed by atoms with Crippen LogP contribution < -0.4 is 15.4 Å². The fourth-order valence-corrected chi connectivity index (χ4v) is 1.67. The molecule has 3 N–H and O–H groups in total. The Labute approximate surface area is 131 Å². The first-order valence-corrected chi connectivity index (χ1v) is 6.26. The number of hydrogen-bond acceptors (Lipinski definition) is 3. The molecule has 0 saturated carbocycles. The molecule has 10 heteroatoms. The molecule has 0 bridgehead atoms. The van der Waals surface area contributed by atoms with Crippen LogP contribution in [0.4, 0.5) is 38.1 Å². The van der Waals surface area contributed by atoms with Gasteiger partial charge in [-0.15, -0.1) is 13.2 Å². The number of carbonyl (C=O) groups excluding carboxylic acids is 1. The van der Waals surface area contributed by atoms with Crippen LogP contribution in [0.15, 0.2) is 36.4 Å². The minimum absolute atomic E-state index is 0.113. The van der Waals surface area contributed by atoms with Crippen LogP contribution in [0.1, 0.15) is 0 Å². The number of amides is 2. The summed E-state index contributed by atoms with van der Waals surface area (Å²) in [7, 11) is 0. The summed E-state index contributed by atoms with van der Waals surface area (Å²) in [4.78, 5) is 11.7. The topological polar surface area (TPSA) is 70.6 Å². The Morgan fingerprint density at radius 1 is 0.958 bits per heavy atom. The Morgan fingerprint density at radius 2 is 1.46 bits per heavy atom. The molecule has 0 aliphatic heterocycles. The van der Waals surface area contributed by atoms with Gasteiger partial charge < -0.3 is 20.5 Å². The van der Waals surface area contributed by atoms with E-state index in [0.29, 0.717) is 12.1 Å². The van der Waals surface area contributed by atoms with Crippen molar-refractivity contribution in [2.75, 3.05) is 10.6 Å². The van der Waals surface area contributed by atoms with Crippen molar-refractivity contribution in [2.24, 2.45) is 0 Å². The monoisotopic (exact) mass is 348 g/mol. The number of benzene rings is 2. The van der Waals surface area contributed by atoms with Crippen molar-refractivity contribution >= 4 is 17.4 Å². The highest BCUT2D eigenvalue weighted by atomic mass is 19.4. The van der Waals surface area contributed by atoms with Crippen LogP contribution in [-0.2, 0) is 0 Å².